The van der Waals surface area contributed by atoms with Crippen LogP contribution in [0.15, 0.2) is 315 Å². The van der Waals surface area contributed by atoms with Crippen LogP contribution in [0.5, 0.6) is 40.2 Å². The predicted molar refractivity (Wildman–Crippen MR) is 572 cm³/mol. The smallest absolute Gasteiger partial charge is 0.373 e. The zero-order valence-electron chi connectivity index (χ0n) is 85.3. The van der Waals surface area contributed by atoms with Gasteiger partial charge in [0.15, 0.2) is 11.5 Å². The van der Waals surface area contributed by atoms with Crippen molar-refractivity contribution >= 4 is 12.1 Å². The molecule has 3 N–H and O–H groups in total. The lowest BCUT2D eigenvalue weighted by molar-refractivity contribution is -0.191. The van der Waals surface area contributed by atoms with Gasteiger partial charge in [-0.15, -0.1) is 0 Å². The van der Waals surface area contributed by atoms with Gasteiger partial charge in [0.2, 0.25) is 0 Å². The van der Waals surface area contributed by atoms with E-state index >= 15 is 0 Å². The minimum Gasteiger partial charge on any atom is -0.497 e. The molecule has 4 aliphatic carbocycles. The number of aliphatic hydroxyl groups is 3. The number of benzene rings is 16. The Balaban J connectivity index is 0.000000137. The van der Waals surface area contributed by atoms with E-state index in [1.807, 2.05) is 68.4 Å². The molecule has 15 heteroatoms. The SMILES string of the molecule is CCCOc1ccc(C2(c3ccc(OCCOCC)cc3)c3cc(C)ccc3-c3ccc(C)cc32)cc1.CCOC(=O)c1cc(C2(c3ccc(OC)c(CC)c3)c3cc(C)ccc3-c3ccc(C)cc32)ccc1OC.COc1ccc(C2(c3ccc(CO)c(CO)c3)c3cc(C)ccc3-c3ccc(C)cc32)cc1OC.COc1ccc(C2(c3ccc(CO)cc3)c3cc(C)ccc3-c3ccc(C)cc32)cc1.O=C=O. The zero-order valence-corrected chi connectivity index (χ0v) is 85.3. The van der Waals surface area contributed by atoms with E-state index in [4.69, 9.17) is 52.2 Å². The molecular weight excluding hydrogens is 1790 g/mol. The maximum atomic E-state index is 13.1. The maximum Gasteiger partial charge on any atom is 0.373 e. The van der Waals surface area contributed by atoms with Crippen LogP contribution in [0.4, 0.5) is 0 Å². The Morgan fingerprint density at radius 1 is 0.271 bits per heavy atom. The summed E-state index contributed by atoms with van der Waals surface area (Å²) in [4.78, 5) is 29.3. The average molecular weight is 1920 g/mol. The lowest BCUT2D eigenvalue weighted by Gasteiger charge is -2.35. The summed E-state index contributed by atoms with van der Waals surface area (Å²) in [6, 6.07) is 113. The van der Waals surface area contributed by atoms with Gasteiger partial charge < -0.3 is 58.0 Å². The standard InChI is InChI=1S/C34H34O4.C34H36O3.C31H30O4.C29H26O2.CO2/c1-7-23-19-24(11-15-31(23)36-5)34(25-12-16-32(37-6)28(20-25)33(35)38-8-2)29-17-21(3)9-13-26(29)27-14-10-22(4)18-30(27)34;1-5-19-36-28-13-9-26(10-14-28)34(27-11-15-29(16-12-27)37-21-20-35-6-2)32-22-24(3)7-17-30(32)31-18-8-25(4)23-33(31)34;1-19-5-10-25-26-11-6-20(2)14-28(26)31(27(25)13-19,23-8-7-21(17-32)22(15-23)18-33)24-9-12-29(34-3)30(16-24)35-4;1-19-4-14-25-26-15-5-20(2)17-28(26)29(27(25)16-19,22-8-6-21(18-30)7-9-22)23-10-12-24(31-3)13-11-23;2-1-3/h9-20H,7-8H2,1-6H3;7-18,22-23H,5-6,19-21H2,1-4H3;5-16,32-33H,17-18H2,1-4H3;4-17,30H,18H2,1-3H3;. The van der Waals surface area contributed by atoms with Gasteiger partial charge in [0.05, 0.1) is 96.9 Å². The van der Waals surface area contributed by atoms with Gasteiger partial charge >= 0.3 is 12.1 Å². The van der Waals surface area contributed by atoms with Crippen molar-refractivity contribution < 1.29 is 72.3 Å². The summed E-state index contributed by atoms with van der Waals surface area (Å²) in [5.74, 6) is 4.93. The van der Waals surface area contributed by atoms with Gasteiger partial charge in [0.25, 0.3) is 0 Å². The topological polar surface area (TPSA) is 195 Å². The number of aliphatic hydroxyl groups excluding tert-OH is 3. The number of fused-ring (bicyclic) bond motifs is 12. The van der Waals surface area contributed by atoms with Gasteiger partial charge in [-0.2, -0.15) is 9.59 Å². The van der Waals surface area contributed by atoms with Crippen molar-refractivity contribution in [3.8, 4) is 84.8 Å². The molecule has 144 heavy (non-hydrogen) atoms. The first-order valence-electron chi connectivity index (χ1n) is 49.3. The Labute approximate surface area is 846 Å². The third kappa shape index (κ3) is 18.7. The maximum absolute atomic E-state index is 13.1. The number of hydrogen-bond acceptors (Lipinski definition) is 15. The van der Waals surface area contributed by atoms with Crippen LogP contribution in [0.25, 0.3) is 44.5 Å². The van der Waals surface area contributed by atoms with Crippen LogP contribution in [0.3, 0.4) is 0 Å². The average Bonchev–Trinajstić information content (AvgIpc) is 1.55. The Hall–Kier alpha value is -15.2. The van der Waals surface area contributed by atoms with Crippen LogP contribution in [-0.4, -0.2) is 96.0 Å². The van der Waals surface area contributed by atoms with Gasteiger partial charge in [-0.3, -0.25) is 0 Å². The van der Waals surface area contributed by atoms with Crippen LogP contribution >= 0.6 is 0 Å². The largest absolute Gasteiger partial charge is 0.497 e. The fraction of sp³-hybridized carbons (Fsp3) is 0.240. The summed E-state index contributed by atoms with van der Waals surface area (Å²) in [5.41, 5.74) is 40.5. The number of carbonyl (C=O) groups is 1. The molecule has 732 valence electrons. The first-order valence-corrected chi connectivity index (χ1v) is 49.3. The highest BCUT2D eigenvalue weighted by Gasteiger charge is 2.52. The number of aryl methyl sites for hydroxylation is 9. The molecule has 4 aliphatic rings. The number of rotatable bonds is 27. The second-order valence-electron chi connectivity index (χ2n) is 37.4. The highest BCUT2D eigenvalue weighted by molar-refractivity contribution is 5.95. The molecule has 0 spiro atoms. The quantitative estimate of drug-likeness (QED) is 0.0325. The molecule has 0 amide bonds. The summed E-state index contributed by atoms with van der Waals surface area (Å²) < 4.78 is 50.8. The molecule has 0 saturated heterocycles. The van der Waals surface area contributed by atoms with Crippen molar-refractivity contribution in [2.45, 2.75) is 137 Å². The van der Waals surface area contributed by atoms with Crippen LogP contribution in [0.1, 0.15) is 200 Å². The van der Waals surface area contributed by atoms with Gasteiger partial charge in [0.1, 0.15) is 40.9 Å². The van der Waals surface area contributed by atoms with E-state index in [1.54, 1.807) is 35.5 Å². The molecule has 0 atom stereocenters. The molecule has 0 radical (unpaired) electrons. The van der Waals surface area contributed by atoms with E-state index < -0.39 is 27.6 Å². The second kappa shape index (κ2) is 44.1. The van der Waals surface area contributed by atoms with Gasteiger partial charge in [0, 0.05) is 6.61 Å². The molecule has 15 nitrogen and oxygen atoms in total. The number of carbonyl (C=O) groups excluding carboxylic acids is 3. The summed E-state index contributed by atoms with van der Waals surface area (Å²) in [7, 11) is 8.29. The minimum absolute atomic E-state index is 0.0429. The Kier molecular flexibility index (Phi) is 31.2. The lowest BCUT2D eigenvalue weighted by atomic mass is 9.66. The van der Waals surface area contributed by atoms with E-state index in [2.05, 4.69) is 330 Å². The van der Waals surface area contributed by atoms with E-state index in [0.29, 0.717) is 49.2 Å². The van der Waals surface area contributed by atoms with Crippen molar-refractivity contribution in [2.24, 2.45) is 0 Å². The molecule has 0 unspecified atom stereocenters. The molecule has 20 rings (SSSR count). The molecule has 16 aromatic rings. The van der Waals surface area contributed by atoms with Crippen molar-refractivity contribution in [1.29, 1.82) is 0 Å². The van der Waals surface area contributed by atoms with E-state index in [-0.39, 0.29) is 26.0 Å². The summed E-state index contributed by atoms with van der Waals surface area (Å²) >= 11 is 0. The first-order chi connectivity index (χ1) is 69.9. The number of esters is 1. The highest BCUT2D eigenvalue weighted by Crippen LogP contribution is 2.63. The second-order valence-corrected chi connectivity index (χ2v) is 37.4. The van der Waals surface area contributed by atoms with Crippen molar-refractivity contribution in [1.82, 2.24) is 0 Å². The van der Waals surface area contributed by atoms with Crippen LogP contribution < -0.4 is 33.2 Å². The van der Waals surface area contributed by atoms with Crippen molar-refractivity contribution in [2.75, 3.05) is 68.6 Å². The lowest BCUT2D eigenvalue weighted by Crippen LogP contribution is -2.29. The predicted octanol–water partition coefficient (Wildman–Crippen LogP) is 26.5. The molecule has 0 aromatic heterocycles. The molecule has 16 aromatic carbocycles. The van der Waals surface area contributed by atoms with Crippen LogP contribution in [0, 0.1) is 55.4 Å². The van der Waals surface area contributed by atoms with Gasteiger partial charge in [-0.25, -0.2) is 4.79 Å². The molecule has 0 saturated carbocycles. The first kappa shape index (κ1) is 102. The molecule has 0 fully saturated rings. The Morgan fingerprint density at radius 2 is 0.569 bits per heavy atom. The minimum atomic E-state index is -0.646. The third-order valence-corrected chi connectivity index (χ3v) is 28.7. The molecule has 0 heterocycles. The molecule has 0 aliphatic heterocycles. The fourth-order valence-electron chi connectivity index (χ4n) is 22.1. The number of methoxy groups -OCH3 is 5. The highest BCUT2D eigenvalue weighted by atomic mass is 16.5. The summed E-state index contributed by atoms with van der Waals surface area (Å²) in [5, 5.41) is 29.6. The monoisotopic (exact) mass is 1910 g/mol. The van der Waals surface area contributed by atoms with Gasteiger partial charge in [-0.05, 0) is 305 Å². The normalized spacial score (nSPS) is 13.0. The Morgan fingerprint density at radius 3 is 0.889 bits per heavy atom. The molecule has 0 bridgehead atoms. The van der Waals surface area contributed by atoms with E-state index in [9.17, 15) is 20.1 Å². The zero-order chi connectivity index (χ0) is 102. The number of hydrogen-bond donors (Lipinski definition) is 3. The fourth-order valence-corrected chi connectivity index (χ4v) is 22.1. The van der Waals surface area contributed by atoms with E-state index in [1.165, 1.54) is 156 Å². The third-order valence-electron chi connectivity index (χ3n) is 28.7. The van der Waals surface area contributed by atoms with E-state index in [0.717, 1.165) is 87.0 Å². The molecular formula is C129H126O15. The summed E-state index contributed by atoms with van der Waals surface area (Å²) in [6.45, 7) is 27.9. The summed E-state index contributed by atoms with van der Waals surface area (Å²) in [6.07, 6.45) is 2.08. The van der Waals surface area contributed by atoms with Gasteiger partial charge in [-0.1, -0.05) is 307 Å². The Bertz CT molecular complexity index is 7090. The number of ether oxygens (including phenoxy) is 9. The van der Waals surface area contributed by atoms with Crippen LogP contribution in [0.2, 0.25) is 0 Å². The van der Waals surface area contributed by atoms with Crippen molar-refractivity contribution in [3.05, 3.63) is 477 Å². The van der Waals surface area contributed by atoms with Crippen molar-refractivity contribution in [3.63, 3.8) is 0 Å². The van der Waals surface area contributed by atoms with Crippen LogP contribution in [-0.2, 0) is 67.0 Å².